The molecule has 7 nitrogen and oxygen atoms in total. The predicted molar refractivity (Wildman–Crippen MR) is 169 cm³/mol. The van der Waals surface area contributed by atoms with Crippen molar-refractivity contribution in [3.05, 3.63) is 0 Å². The van der Waals surface area contributed by atoms with E-state index in [-0.39, 0.29) is 0 Å². The van der Waals surface area contributed by atoms with E-state index in [2.05, 4.69) is 39.6 Å². The summed E-state index contributed by atoms with van der Waals surface area (Å²) in [6.07, 6.45) is 18.5. The monoisotopic (exact) mass is 595 g/mol. The zero-order valence-corrected chi connectivity index (χ0v) is 27.9. The molecule has 7 heteroatoms. The number of esters is 2. The number of carbonyl (C=O) groups excluding carboxylic acids is 2. The fourth-order valence-electron chi connectivity index (χ4n) is 6.53. The second-order valence-corrected chi connectivity index (χ2v) is 12.9. The van der Waals surface area contributed by atoms with Gasteiger partial charge in [-0.15, -0.1) is 0 Å². The molecule has 0 aromatic heterocycles. The van der Waals surface area contributed by atoms with Gasteiger partial charge in [0.2, 0.25) is 0 Å². The zero-order chi connectivity index (χ0) is 30.6. The van der Waals surface area contributed by atoms with Crippen molar-refractivity contribution in [2.75, 3.05) is 26.8 Å². The molecule has 0 radical (unpaired) electrons. The molecule has 2 saturated heterocycles. The lowest BCUT2D eigenvalue weighted by molar-refractivity contribution is -0.163. The molecule has 0 aliphatic carbocycles. The Morgan fingerprint density at radius 1 is 0.714 bits per heavy atom. The Morgan fingerprint density at radius 2 is 1.21 bits per heavy atom. The van der Waals surface area contributed by atoms with Crippen molar-refractivity contribution in [2.45, 2.75) is 174 Å². The number of hydrogen-bond donors (Lipinski definition) is 0. The van der Waals surface area contributed by atoms with Crippen LogP contribution >= 0.6 is 0 Å². The number of ether oxygens (including phenoxy) is 4. The van der Waals surface area contributed by atoms with Gasteiger partial charge in [0, 0.05) is 6.04 Å². The van der Waals surface area contributed by atoms with Gasteiger partial charge in [0.25, 0.3) is 0 Å². The molecular formula is C35H65NO6. The third-order valence-electron chi connectivity index (χ3n) is 9.57. The number of hydrogen-bond acceptors (Lipinski definition) is 7. The topological polar surface area (TPSA) is 74.3 Å². The van der Waals surface area contributed by atoms with E-state index in [9.17, 15) is 9.59 Å². The number of carbonyl (C=O) groups is 2. The second-order valence-electron chi connectivity index (χ2n) is 12.9. The van der Waals surface area contributed by atoms with Crippen LogP contribution in [-0.2, 0) is 28.5 Å². The van der Waals surface area contributed by atoms with Gasteiger partial charge in [-0.1, -0.05) is 91.9 Å². The van der Waals surface area contributed by atoms with Gasteiger partial charge < -0.3 is 23.8 Å². The molecule has 0 bridgehead atoms. The van der Waals surface area contributed by atoms with E-state index in [4.69, 9.17) is 18.9 Å². The second kappa shape index (κ2) is 22.3. The molecule has 0 N–H and O–H groups in total. The molecule has 0 saturated carbocycles. The lowest BCUT2D eigenvalue weighted by Gasteiger charge is -2.19. The number of nitrogens with zero attached hydrogens (tertiary/aromatic N) is 1. The first kappa shape index (κ1) is 37.0. The van der Waals surface area contributed by atoms with Crippen LogP contribution < -0.4 is 0 Å². The van der Waals surface area contributed by atoms with Crippen molar-refractivity contribution in [3.63, 3.8) is 0 Å². The minimum atomic E-state index is -1.05. The summed E-state index contributed by atoms with van der Waals surface area (Å²) >= 11 is 0. The highest BCUT2D eigenvalue weighted by Gasteiger charge is 2.47. The molecule has 42 heavy (non-hydrogen) atoms. The summed E-state index contributed by atoms with van der Waals surface area (Å²) in [7, 11) is 2.18. The highest BCUT2D eigenvalue weighted by Crippen LogP contribution is 2.28. The third kappa shape index (κ3) is 14.1. The molecule has 2 heterocycles. The van der Waals surface area contributed by atoms with Crippen LogP contribution in [0.4, 0.5) is 0 Å². The molecule has 2 fully saturated rings. The van der Waals surface area contributed by atoms with E-state index in [0.717, 1.165) is 56.9 Å². The van der Waals surface area contributed by atoms with E-state index in [0.29, 0.717) is 25.7 Å². The van der Waals surface area contributed by atoms with Crippen LogP contribution in [-0.4, -0.2) is 68.2 Å². The quantitative estimate of drug-likeness (QED) is 0.0822. The predicted octanol–water partition coefficient (Wildman–Crippen LogP) is 8.22. The van der Waals surface area contributed by atoms with Gasteiger partial charge in [-0.05, 0) is 83.2 Å². The van der Waals surface area contributed by atoms with Gasteiger partial charge in [-0.3, -0.25) is 0 Å². The Labute approximate surface area is 258 Å². The number of likely N-dealkylation sites (tertiary alicyclic amines) is 1. The molecule has 0 amide bonds. The molecule has 2 aliphatic heterocycles. The maximum Gasteiger partial charge on any atom is 0.338 e. The number of unbranched alkanes of at least 4 members (excludes halogenated alkanes) is 4. The van der Waals surface area contributed by atoms with E-state index >= 15 is 0 Å². The first-order chi connectivity index (χ1) is 20.4. The normalized spacial score (nSPS) is 24.1. The van der Waals surface area contributed by atoms with Crippen molar-refractivity contribution in [3.8, 4) is 0 Å². The van der Waals surface area contributed by atoms with Crippen LogP contribution in [0, 0.1) is 11.8 Å². The van der Waals surface area contributed by atoms with Crippen LogP contribution in [0.25, 0.3) is 0 Å². The molecule has 0 aromatic carbocycles. The minimum absolute atomic E-state index is 0.347. The van der Waals surface area contributed by atoms with Crippen LogP contribution in [0.1, 0.15) is 150 Å². The average Bonchev–Trinajstić information content (AvgIpc) is 3.61. The summed E-state index contributed by atoms with van der Waals surface area (Å²) in [5.41, 5.74) is 0. The fraction of sp³-hybridized carbons (Fsp3) is 0.943. The molecule has 5 atom stereocenters. The molecule has 0 spiro atoms. The maximum absolute atomic E-state index is 13.1. The molecule has 0 aromatic rings. The van der Waals surface area contributed by atoms with Gasteiger partial charge in [0.1, 0.15) is 0 Å². The van der Waals surface area contributed by atoms with Crippen molar-refractivity contribution < 1.29 is 28.5 Å². The summed E-state index contributed by atoms with van der Waals surface area (Å²) in [5.74, 6) is 0.491. The summed E-state index contributed by atoms with van der Waals surface area (Å²) in [6.45, 7) is 10.8. The summed E-state index contributed by atoms with van der Waals surface area (Å²) in [4.78, 5) is 28.5. The first-order valence-corrected chi connectivity index (χ1v) is 17.8. The average molecular weight is 596 g/mol. The first-order valence-electron chi connectivity index (χ1n) is 17.8. The lowest BCUT2D eigenvalue weighted by Crippen LogP contribution is -2.39. The Morgan fingerprint density at radius 3 is 1.64 bits per heavy atom. The highest BCUT2D eigenvalue weighted by molar-refractivity contribution is 5.86. The largest absolute Gasteiger partial charge is 0.464 e. The van der Waals surface area contributed by atoms with E-state index in [1.165, 1.54) is 77.0 Å². The van der Waals surface area contributed by atoms with Gasteiger partial charge >= 0.3 is 11.9 Å². The minimum Gasteiger partial charge on any atom is -0.464 e. The molecular weight excluding hydrogens is 530 g/mol. The molecule has 2 aliphatic rings. The van der Waals surface area contributed by atoms with Gasteiger partial charge in [0.15, 0.2) is 18.5 Å². The maximum atomic E-state index is 13.1. The number of rotatable bonds is 24. The standard InChI is InChI=1S/C35H65NO6/c1-6-10-18-28(8-3)20-12-14-26-39-34(37)32-33(35(38)40-27-15-13-21-29(9-4)19-11-7-2)42-31(41-32)24-16-22-30-23-17-25-36(30)5/h28-33H,6-27H2,1-5H3. The van der Waals surface area contributed by atoms with Gasteiger partial charge in [-0.25, -0.2) is 9.59 Å². The summed E-state index contributed by atoms with van der Waals surface area (Å²) in [5, 5.41) is 0. The lowest BCUT2D eigenvalue weighted by atomic mass is 9.94. The van der Waals surface area contributed by atoms with Crippen LogP contribution in [0.3, 0.4) is 0 Å². The van der Waals surface area contributed by atoms with Crippen molar-refractivity contribution in [2.24, 2.45) is 11.8 Å². The summed E-state index contributed by atoms with van der Waals surface area (Å²) < 4.78 is 23.2. The van der Waals surface area contributed by atoms with Crippen molar-refractivity contribution in [1.29, 1.82) is 0 Å². The SMILES string of the molecule is CCCCC(CC)CCCCOC(=O)C1OC(CCCC2CCCN2C)OC1C(=O)OCCCCC(CC)CCCC. The van der Waals surface area contributed by atoms with Crippen LogP contribution in [0.2, 0.25) is 0 Å². The Kier molecular flexibility index (Phi) is 19.7. The molecule has 5 unspecified atom stereocenters. The van der Waals surface area contributed by atoms with Crippen LogP contribution in [0.15, 0.2) is 0 Å². The Bertz CT molecular complexity index is 672. The molecule has 2 rings (SSSR count). The van der Waals surface area contributed by atoms with E-state index in [1.807, 2.05) is 0 Å². The third-order valence-corrected chi connectivity index (χ3v) is 9.57. The highest BCUT2D eigenvalue weighted by atomic mass is 16.8. The smallest absolute Gasteiger partial charge is 0.338 e. The Hall–Kier alpha value is -1.18. The van der Waals surface area contributed by atoms with Gasteiger partial charge in [-0.2, -0.15) is 0 Å². The van der Waals surface area contributed by atoms with Crippen molar-refractivity contribution in [1.82, 2.24) is 4.90 Å². The van der Waals surface area contributed by atoms with Gasteiger partial charge in [0.05, 0.1) is 13.2 Å². The fourth-order valence-corrected chi connectivity index (χ4v) is 6.53. The molecule has 246 valence electrons. The van der Waals surface area contributed by atoms with Crippen LogP contribution in [0.5, 0.6) is 0 Å². The van der Waals surface area contributed by atoms with E-state index < -0.39 is 30.4 Å². The zero-order valence-electron chi connectivity index (χ0n) is 27.9. The van der Waals surface area contributed by atoms with E-state index in [1.54, 1.807) is 0 Å². The van der Waals surface area contributed by atoms with Crippen molar-refractivity contribution >= 4 is 11.9 Å². The summed E-state index contributed by atoms with van der Waals surface area (Å²) in [6, 6.07) is 0.594. The Balaban J connectivity index is 1.81.